The van der Waals surface area contributed by atoms with Crippen LogP contribution in [0.5, 0.6) is 0 Å². The van der Waals surface area contributed by atoms with Crippen molar-refractivity contribution in [3.05, 3.63) is 40.9 Å². The average Bonchev–Trinajstić information content (AvgIpc) is 3.18. The first-order valence-electron chi connectivity index (χ1n) is 11.0. The van der Waals surface area contributed by atoms with Gasteiger partial charge in [0.05, 0.1) is 6.10 Å². The Bertz CT molecular complexity index is 874. The van der Waals surface area contributed by atoms with Crippen molar-refractivity contribution < 1.29 is 14.3 Å². The Labute approximate surface area is 167 Å². The third-order valence-corrected chi connectivity index (χ3v) is 8.80. The van der Waals surface area contributed by atoms with Gasteiger partial charge in [0, 0.05) is 5.41 Å². The average molecular weight is 381 g/mol. The van der Waals surface area contributed by atoms with Gasteiger partial charge in [0.2, 0.25) is 0 Å². The minimum Gasteiger partial charge on any atom is -0.462 e. The van der Waals surface area contributed by atoms with Gasteiger partial charge in [0.25, 0.3) is 0 Å². The number of fused-ring (bicyclic) bond motifs is 5. The molecule has 3 nitrogen and oxygen atoms in total. The smallest absolute Gasteiger partial charge is 0.165 e. The van der Waals surface area contributed by atoms with E-state index in [2.05, 4.69) is 19.9 Å². The Morgan fingerprint density at radius 3 is 2.64 bits per heavy atom. The van der Waals surface area contributed by atoms with E-state index < -0.39 is 0 Å². The summed E-state index contributed by atoms with van der Waals surface area (Å²) in [6.07, 6.45) is 11.2. The second-order valence-electron chi connectivity index (χ2n) is 10.3. The Balaban J connectivity index is 1.48. The topological polar surface area (TPSA) is 50.4 Å². The molecular weight excluding hydrogens is 348 g/mol. The van der Waals surface area contributed by atoms with E-state index in [1.165, 1.54) is 5.57 Å². The fraction of sp³-hybridized carbons (Fsp3) is 0.640. The molecule has 28 heavy (non-hydrogen) atoms. The van der Waals surface area contributed by atoms with Crippen LogP contribution >= 0.6 is 0 Å². The summed E-state index contributed by atoms with van der Waals surface area (Å²) in [5.41, 5.74) is 2.45. The molecule has 5 rings (SSSR count). The van der Waals surface area contributed by atoms with Crippen molar-refractivity contribution in [1.82, 2.24) is 0 Å². The molecule has 4 aliphatic rings. The fourth-order valence-corrected chi connectivity index (χ4v) is 7.14. The van der Waals surface area contributed by atoms with E-state index in [9.17, 15) is 9.90 Å². The molecule has 0 radical (unpaired) electrons. The SMILES string of the molecule is Cc1ccc(/C=C2\C[C@H]3[C@@H]4CC=C5C[C@H](O)CC[C@]5(C)[C@H]4CC[C@]3(C)C2=O)o1. The largest absolute Gasteiger partial charge is 0.462 e. The Morgan fingerprint density at radius 2 is 1.89 bits per heavy atom. The summed E-state index contributed by atoms with van der Waals surface area (Å²) in [5, 5.41) is 10.2. The summed E-state index contributed by atoms with van der Waals surface area (Å²) in [7, 11) is 0. The second-order valence-corrected chi connectivity index (χ2v) is 10.3. The van der Waals surface area contributed by atoms with Crippen molar-refractivity contribution in [1.29, 1.82) is 0 Å². The molecule has 0 bridgehead atoms. The Hall–Kier alpha value is -1.61. The van der Waals surface area contributed by atoms with Crippen molar-refractivity contribution in [2.75, 3.05) is 0 Å². The lowest BCUT2D eigenvalue weighted by molar-refractivity contribution is -0.130. The molecule has 3 fully saturated rings. The van der Waals surface area contributed by atoms with Crippen LogP contribution in [0.4, 0.5) is 0 Å². The van der Waals surface area contributed by atoms with E-state index in [0.29, 0.717) is 23.5 Å². The van der Waals surface area contributed by atoms with Crippen molar-refractivity contribution in [2.24, 2.45) is 28.6 Å². The van der Waals surface area contributed by atoms with Crippen LogP contribution in [-0.2, 0) is 4.79 Å². The lowest BCUT2D eigenvalue weighted by Crippen LogP contribution is -2.50. The highest BCUT2D eigenvalue weighted by atomic mass is 16.3. The highest BCUT2D eigenvalue weighted by Crippen LogP contribution is 2.64. The quantitative estimate of drug-likeness (QED) is 0.519. The van der Waals surface area contributed by atoms with Gasteiger partial charge >= 0.3 is 0 Å². The molecular formula is C25H32O3. The van der Waals surface area contributed by atoms with Crippen molar-refractivity contribution >= 4 is 11.9 Å². The molecule has 4 aliphatic carbocycles. The van der Waals surface area contributed by atoms with Crippen LogP contribution in [0.15, 0.2) is 33.8 Å². The van der Waals surface area contributed by atoms with Crippen LogP contribution in [0.25, 0.3) is 6.08 Å². The van der Waals surface area contributed by atoms with Crippen LogP contribution in [0.2, 0.25) is 0 Å². The van der Waals surface area contributed by atoms with E-state index in [1.54, 1.807) is 0 Å². The normalized spacial score (nSPS) is 44.1. The molecule has 150 valence electrons. The molecule has 1 aromatic rings. The maximum absolute atomic E-state index is 13.4. The number of hydrogen-bond acceptors (Lipinski definition) is 3. The third-order valence-electron chi connectivity index (χ3n) is 8.80. The minimum absolute atomic E-state index is 0.163. The van der Waals surface area contributed by atoms with Gasteiger partial charge in [-0.2, -0.15) is 0 Å². The molecule has 3 heteroatoms. The second kappa shape index (κ2) is 6.19. The number of rotatable bonds is 1. The highest BCUT2D eigenvalue weighted by molar-refractivity contribution is 6.05. The van der Waals surface area contributed by atoms with Crippen molar-refractivity contribution in [3.63, 3.8) is 0 Å². The number of aryl methyl sites for hydroxylation is 1. The first kappa shape index (κ1) is 18.4. The van der Waals surface area contributed by atoms with Gasteiger partial charge in [-0.15, -0.1) is 0 Å². The van der Waals surface area contributed by atoms with Crippen molar-refractivity contribution in [3.8, 4) is 0 Å². The standard InChI is InChI=1S/C25H32O3/c1-15-4-6-19(28-15)12-16-13-22-20-7-5-17-14-18(26)8-10-24(17,2)21(20)9-11-25(22,3)23(16)27/h4-6,12,18,20-22,26H,7-11,13-14H2,1-3H3/b16-12+/t18-,20-,21+,22+,24+,25+/m1/s1. The number of ketones is 1. The van der Waals surface area contributed by atoms with Crippen LogP contribution < -0.4 is 0 Å². The maximum Gasteiger partial charge on any atom is 0.165 e. The number of carbonyl (C=O) groups excluding carboxylic acids is 1. The monoisotopic (exact) mass is 380 g/mol. The van der Waals surface area contributed by atoms with Gasteiger partial charge in [-0.05, 0) is 98.8 Å². The molecule has 0 unspecified atom stereocenters. The molecule has 1 heterocycles. The summed E-state index contributed by atoms with van der Waals surface area (Å²) in [6.45, 7) is 6.60. The van der Waals surface area contributed by atoms with E-state index >= 15 is 0 Å². The maximum atomic E-state index is 13.4. The molecule has 3 saturated carbocycles. The van der Waals surface area contributed by atoms with Crippen LogP contribution in [0, 0.1) is 35.5 Å². The van der Waals surface area contributed by atoms with Gasteiger partial charge in [-0.1, -0.05) is 25.5 Å². The minimum atomic E-state index is -0.218. The summed E-state index contributed by atoms with van der Waals surface area (Å²) in [5.74, 6) is 3.70. The molecule has 0 aliphatic heterocycles. The lowest BCUT2D eigenvalue weighted by atomic mass is 9.48. The van der Waals surface area contributed by atoms with Crippen molar-refractivity contribution in [2.45, 2.75) is 71.8 Å². The number of allylic oxidation sites excluding steroid dienone is 2. The lowest BCUT2D eigenvalue weighted by Gasteiger charge is -2.56. The van der Waals surface area contributed by atoms with Gasteiger partial charge in [-0.25, -0.2) is 0 Å². The zero-order valence-electron chi connectivity index (χ0n) is 17.3. The number of furan rings is 1. The molecule has 1 aromatic heterocycles. The van der Waals surface area contributed by atoms with Crippen LogP contribution in [-0.4, -0.2) is 17.0 Å². The molecule has 1 N–H and O–H groups in total. The van der Waals surface area contributed by atoms with Gasteiger partial charge in [-0.3, -0.25) is 4.79 Å². The van der Waals surface area contributed by atoms with Gasteiger partial charge < -0.3 is 9.52 Å². The first-order chi connectivity index (χ1) is 13.3. The van der Waals surface area contributed by atoms with Gasteiger partial charge in [0.15, 0.2) is 5.78 Å². The van der Waals surface area contributed by atoms with Crippen LogP contribution in [0.3, 0.4) is 0 Å². The number of Topliss-reactive ketones (excluding diaryl/α,β-unsaturated/α-hetero) is 1. The first-order valence-corrected chi connectivity index (χ1v) is 11.0. The molecule has 0 spiro atoms. The number of aliphatic hydroxyl groups excluding tert-OH is 1. The summed E-state index contributed by atoms with van der Waals surface area (Å²) < 4.78 is 5.72. The molecule has 6 atom stereocenters. The third kappa shape index (κ3) is 2.55. The van der Waals surface area contributed by atoms with E-state index in [1.807, 2.05) is 25.1 Å². The predicted molar refractivity (Wildman–Crippen MR) is 110 cm³/mol. The van der Waals surface area contributed by atoms with E-state index in [4.69, 9.17) is 4.42 Å². The van der Waals surface area contributed by atoms with Crippen LogP contribution in [0.1, 0.15) is 70.3 Å². The number of hydrogen-bond donors (Lipinski definition) is 1. The van der Waals surface area contributed by atoms with E-state index in [-0.39, 0.29) is 16.9 Å². The zero-order valence-corrected chi connectivity index (χ0v) is 17.3. The summed E-state index contributed by atoms with van der Waals surface area (Å²) >= 11 is 0. The van der Waals surface area contributed by atoms with Gasteiger partial charge in [0.1, 0.15) is 11.5 Å². The summed E-state index contributed by atoms with van der Waals surface area (Å²) in [4.78, 5) is 13.4. The molecule has 0 amide bonds. The predicted octanol–water partition coefficient (Wildman–Crippen LogP) is 5.47. The fourth-order valence-electron chi connectivity index (χ4n) is 7.14. The highest BCUT2D eigenvalue weighted by Gasteiger charge is 2.59. The van der Waals surface area contributed by atoms with E-state index in [0.717, 1.165) is 62.0 Å². The molecule has 0 aromatic carbocycles. The summed E-state index contributed by atoms with van der Waals surface area (Å²) in [6, 6.07) is 3.93. The number of carbonyl (C=O) groups is 1. The Morgan fingerprint density at radius 1 is 1.11 bits per heavy atom. The number of aliphatic hydroxyl groups is 1. The Kier molecular flexibility index (Phi) is 4.07. The molecule has 0 saturated heterocycles. The zero-order chi connectivity index (χ0) is 19.7.